The highest BCUT2D eigenvalue weighted by Gasteiger charge is 2.32. The molecule has 2 aromatic rings. The summed E-state index contributed by atoms with van der Waals surface area (Å²) in [5.41, 5.74) is 2.73. The Bertz CT molecular complexity index is 736. The SMILES string of the molecule is CN(C)c1ccc(/C=C2\C(=O)Nc3ccc(Br)c[n+]32)cc1. The van der Waals surface area contributed by atoms with Gasteiger partial charge in [-0.05, 0) is 39.7 Å². The van der Waals surface area contributed by atoms with Gasteiger partial charge in [-0.3, -0.25) is 0 Å². The van der Waals surface area contributed by atoms with E-state index in [1.807, 2.05) is 72.2 Å². The summed E-state index contributed by atoms with van der Waals surface area (Å²) in [7, 11) is 4.00. The van der Waals surface area contributed by atoms with Crippen LogP contribution in [0.15, 0.2) is 47.1 Å². The number of nitrogens with one attached hydrogen (secondary N) is 1. The molecule has 5 heteroatoms. The number of pyridine rings is 1. The van der Waals surface area contributed by atoms with E-state index >= 15 is 0 Å². The number of hydrogen-bond acceptors (Lipinski definition) is 2. The Labute approximate surface area is 131 Å². The van der Waals surface area contributed by atoms with Gasteiger partial charge in [0.2, 0.25) is 5.70 Å². The molecule has 0 saturated heterocycles. The van der Waals surface area contributed by atoms with Gasteiger partial charge < -0.3 is 4.90 Å². The largest absolute Gasteiger partial charge is 0.379 e. The number of aromatic nitrogens is 1. The van der Waals surface area contributed by atoms with Crippen LogP contribution in [0.4, 0.5) is 11.5 Å². The lowest BCUT2D eigenvalue weighted by atomic mass is 10.1. The molecule has 1 aliphatic heterocycles. The highest BCUT2D eigenvalue weighted by atomic mass is 79.9. The van der Waals surface area contributed by atoms with Crippen LogP contribution in [-0.2, 0) is 4.79 Å². The van der Waals surface area contributed by atoms with Crippen molar-refractivity contribution in [3.63, 3.8) is 0 Å². The van der Waals surface area contributed by atoms with Crippen LogP contribution < -0.4 is 14.8 Å². The molecule has 4 nitrogen and oxygen atoms in total. The molecule has 0 bridgehead atoms. The quantitative estimate of drug-likeness (QED) is 0.671. The smallest absolute Gasteiger partial charge is 0.378 e. The van der Waals surface area contributed by atoms with Crippen LogP contribution in [0.3, 0.4) is 0 Å². The van der Waals surface area contributed by atoms with E-state index in [2.05, 4.69) is 21.2 Å². The standard InChI is InChI=1S/C16H14BrN3O/c1-19(2)13-6-3-11(4-7-13)9-14-16(21)18-15-8-5-12(17)10-20(14)15/h3-10H,1-2H3/p+1/b14-9+. The van der Waals surface area contributed by atoms with E-state index in [0.29, 0.717) is 5.70 Å². The number of rotatable bonds is 2. The fourth-order valence-electron chi connectivity index (χ4n) is 2.23. The van der Waals surface area contributed by atoms with Gasteiger partial charge in [-0.25, -0.2) is 10.1 Å². The van der Waals surface area contributed by atoms with Crippen LogP contribution in [0.1, 0.15) is 5.56 Å². The highest BCUT2D eigenvalue weighted by molar-refractivity contribution is 9.10. The molecule has 0 fully saturated rings. The first kappa shape index (κ1) is 13.8. The second-order valence-electron chi connectivity index (χ2n) is 5.07. The van der Waals surface area contributed by atoms with Gasteiger partial charge in [0, 0.05) is 31.9 Å². The maximum atomic E-state index is 12.1. The molecule has 1 aliphatic rings. The molecule has 1 amide bonds. The molecule has 0 radical (unpaired) electrons. The molecule has 3 rings (SSSR count). The zero-order valence-corrected chi connectivity index (χ0v) is 13.4. The van der Waals surface area contributed by atoms with E-state index in [9.17, 15) is 4.79 Å². The zero-order valence-electron chi connectivity index (χ0n) is 11.8. The van der Waals surface area contributed by atoms with Crippen molar-refractivity contribution >= 4 is 45.1 Å². The third-order valence-electron chi connectivity index (χ3n) is 3.36. The van der Waals surface area contributed by atoms with Crippen LogP contribution in [0.5, 0.6) is 0 Å². The summed E-state index contributed by atoms with van der Waals surface area (Å²) in [5, 5.41) is 2.85. The molecule has 0 saturated carbocycles. The number of halogens is 1. The fraction of sp³-hybridized carbons (Fsp3) is 0.125. The fourth-order valence-corrected chi connectivity index (χ4v) is 2.56. The maximum absolute atomic E-state index is 12.1. The topological polar surface area (TPSA) is 36.2 Å². The van der Waals surface area contributed by atoms with E-state index in [-0.39, 0.29) is 5.91 Å². The number of carbonyl (C=O) groups excluding carboxylic acids is 1. The predicted octanol–water partition coefficient (Wildman–Crippen LogP) is 2.75. The van der Waals surface area contributed by atoms with Crippen molar-refractivity contribution in [1.29, 1.82) is 0 Å². The summed E-state index contributed by atoms with van der Waals surface area (Å²) in [6.45, 7) is 0. The van der Waals surface area contributed by atoms with Gasteiger partial charge in [0.15, 0.2) is 0 Å². The van der Waals surface area contributed by atoms with Crippen LogP contribution in [0.2, 0.25) is 0 Å². The first-order chi connectivity index (χ1) is 10.0. The van der Waals surface area contributed by atoms with Crippen molar-refractivity contribution in [3.8, 4) is 0 Å². The molecule has 1 N–H and O–H groups in total. The Morgan fingerprint density at radius 2 is 1.86 bits per heavy atom. The van der Waals surface area contributed by atoms with Crippen LogP contribution in [-0.4, -0.2) is 20.0 Å². The second kappa shape index (κ2) is 5.33. The summed E-state index contributed by atoms with van der Waals surface area (Å²) in [6.07, 6.45) is 3.77. The molecular formula is C16H15BrN3O+. The van der Waals surface area contributed by atoms with Gasteiger partial charge in [0.1, 0.15) is 6.20 Å². The maximum Gasteiger partial charge on any atom is 0.379 e. The Hall–Kier alpha value is -2.14. The van der Waals surface area contributed by atoms with Crippen molar-refractivity contribution in [1.82, 2.24) is 0 Å². The van der Waals surface area contributed by atoms with Gasteiger partial charge >= 0.3 is 5.91 Å². The van der Waals surface area contributed by atoms with Crippen LogP contribution in [0, 0.1) is 0 Å². The molecule has 0 aliphatic carbocycles. The molecule has 21 heavy (non-hydrogen) atoms. The summed E-state index contributed by atoms with van der Waals surface area (Å²) >= 11 is 3.43. The molecule has 0 unspecified atom stereocenters. The first-order valence-corrected chi connectivity index (χ1v) is 7.36. The second-order valence-corrected chi connectivity index (χ2v) is 5.99. The molecular weight excluding hydrogens is 330 g/mol. The van der Waals surface area contributed by atoms with E-state index in [1.165, 1.54) is 0 Å². The lowest BCUT2D eigenvalue weighted by Gasteiger charge is -2.11. The predicted molar refractivity (Wildman–Crippen MR) is 87.9 cm³/mol. The molecule has 106 valence electrons. The average Bonchev–Trinajstić information content (AvgIpc) is 2.76. The lowest BCUT2D eigenvalue weighted by molar-refractivity contribution is -0.556. The third-order valence-corrected chi connectivity index (χ3v) is 3.83. The molecule has 0 atom stereocenters. The Kier molecular flexibility index (Phi) is 3.51. The van der Waals surface area contributed by atoms with Crippen molar-refractivity contribution < 1.29 is 9.36 Å². The van der Waals surface area contributed by atoms with Crippen LogP contribution >= 0.6 is 15.9 Å². The lowest BCUT2D eigenvalue weighted by Crippen LogP contribution is -2.29. The summed E-state index contributed by atoms with van der Waals surface area (Å²) in [5.74, 6) is 0.684. The van der Waals surface area contributed by atoms with Crippen LogP contribution in [0.25, 0.3) is 11.8 Å². The van der Waals surface area contributed by atoms with Crippen molar-refractivity contribution in [2.24, 2.45) is 0 Å². The van der Waals surface area contributed by atoms with Gasteiger partial charge in [-0.15, -0.1) is 0 Å². The van der Waals surface area contributed by atoms with Gasteiger partial charge in [-0.1, -0.05) is 12.1 Å². The Balaban J connectivity index is 2.00. The van der Waals surface area contributed by atoms with Crippen molar-refractivity contribution in [3.05, 3.63) is 52.6 Å². The van der Waals surface area contributed by atoms with E-state index in [4.69, 9.17) is 0 Å². The Morgan fingerprint density at radius 1 is 1.14 bits per heavy atom. The van der Waals surface area contributed by atoms with Gasteiger partial charge in [0.05, 0.1) is 4.47 Å². The molecule has 1 aromatic heterocycles. The minimum absolute atomic E-state index is 0.0928. The van der Waals surface area contributed by atoms with Gasteiger partial charge in [0.25, 0.3) is 5.82 Å². The number of anilines is 2. The highest BCUT2D eigenvalue weighted by Crippen LogP contribution is 2.20. The average molecular weight is 345 g/mol. The minimum atomic E-state index is -0.0928. The van der Waals surface area contributed by atoms with E-state index in [1.54, 1.807) is 0 Å². The monoisotopic (exact) mass is 344 g/mol. The number of hydrogen-bond donors (Lipinski definition) is 1. The molecule has 1 aromatic carbocycles. The normalized spacial score (nSPS) is 15.0. The first-order valence-electron chi connectivity index (χ1n) is 6.56. The third kappa shape index (κ3) is 2.69. The minimum Gasteiger partial charge on any atom is -0.378 e. The number of amides is 1. The number of fused-ring (bicyclic) bond motifs is 1. The summed E-state index contributed by atoms with van der Waals surface area (Å²) < 4.78 is 2.78. The van der Waals surface area contributed by atoms with Crippen molar-refractivity contribution in [2.75, 3.05) is 24.3 Å². The summed E-state index contributed by atoms with van der Waals surface area (Å²) in [4.78, 5) is 14.1. The summed E-state index contributed by atoms with van der Waals surface area (Å²) in [6, 6.07) is 11.9. The molecule has 2 heterocycles. The number of nitrogens with zero attached hydrogens (tertiary/aromatic N) is 2. The zero-order chi connectivity index (χ0) is 15.0. The van der Waals surface area contributed by atoms with E-state index < -0.39 is 0 Å². The van der Waals surface area contributed by atoms with Crippen molar-refractivity contribution in [2.45, 2.75) is 0 Å². The molecule has 0 spiro atoms. The van der Waals surface area contributed by atoms with E-state index in [0.717, 1.165) is 21.5 Å². The number of carbonyl (C=O) groups is 1. The number of benzene rings is 1. The van der Waals surface area contributed by atoms with Gasteiger partial charge in [-0.2, -0.15) is 4.57 Å². The Morgan fingerprint density at radius 3 is 2.52 bits per heavy atom.